The van der Waals surface area contributed by atoms with E-state index in [0.29, 0.717) is 0 Å². The van der Waals surface area contributed by atoms with Crippen molar-refractivity contribution in [1.29, 1.82) is 5.26 Å². The van der Waals surface area contributed by atoms with E-state index in [-0.39, 0.29) is 21.7 Å². The molecule has 2 rings (SSSR count). The predicted octanol–water partition coefficient (Wildman–Crippen LogP) is 2.35. The highest BCUT2D eigenvalue weighted by Gasteiger charge is 2.43. The van der Waals surface area contributed by atoms with Crippen LogP contribution in [0, 0.1) is 17.2 Å². The van der Waals surface area contributed by atoms with Crippen molar-refractivity contribution < 1.29 is 14.3 Å². The van der Waals surface area contributed by atoms with Gasteiger partial charge in [0.2, 0.25) is 0 Å². The van der Waals surface area contributed by atoms with Gasteiger partial charge >= 0.3 is 5.97 Å². The second kappa shape index (κ2) is 6.51. The molecule has 0 aliphatic heterocycles. The molecular weight excluding hydrogens is 329 g/mol. The first kappa shape index (κ1) is 16.5. The maximum absolute atomic E-state index is 11.8. The molecule has 116 valence electrons. The zero-order valence-corrected chi connectivity index (χ0v) is 13.2. The summed E-state index contributed by atoms with van der Waals surface area (Å²) in [6.45, 7) is 1.18. The van der Waals surface area contributed by atoms with Gasteiger partial charge in [-0.05, 0) is 31.7 Å². The zero-order valence-electron chi connectivity index (χ0n) is 11.7. The molecule has 1 atom stereocenters. The number of amides is 1. The molecule has 1 fully saturated rings. The SMILES string of the molecule is C[C@@](C#N)(NC(=O)COC(=O)c1cnc(Cl)c(Cl)c1)C1CC1. The van der Waals surface area contributed by atoms with Crippen molar-refractivity contribution in [3.8, 4) is 6.07 Å². The van der Waals surface area contributed by atoms with Gasteiger partial charge in [-0.3, -0.25) is 4.79 Å². The van der Waals surface area contributed by atoms with Crippen LogP contribution < -0.4 is 5.32 Å². The maximum atomic E-state index is 11.8. The fraction of sp³-hybridized carbons (Fsp3) is 0.429. The molecule has 0 spiro atoms. The molecule has 0 radical (unpaired) electrons. The van der Waals surface area contributed by atoms with Crippen LogP contribution in [-0.4, -0.2) is 29.0 Å². The molecule has 1 aromatic rings. The second-order valence-corrected chi connectivity index (χ2v) is 5.97. The van der Waals surface area contributed by atoms with E-state index in [9.17, 15) is 9.59 Å². The molecule has 6 nitrogen and oxygen atoms in total. The van der Waals surface area contributed by atoms with E-state index in [1.54, 1.807) is 6.92 Å². The van der Waals surface area contributed by atoms with E-state index in [2.05, 4.69) is 16.4 Å². The number of hydrogen-bond acceptors (Lipinski definition) is 5. The summed E-state index contributed by atoms with van der Waals surface area (Å²) >= 11 is 11.4. The lowest BCUT2D eigenvalue weighted by Crippen LogP contribution is -2.48. The van der Waals surface area contributed by atoms with Crippen molar-refractivity contribution in [3.05, 3.63) is 28.0 Å². The average molecular weight is 342 g/mol. The summed E-state index contributed by atoms with van der Waals surface area (Å²) in [6.07, 6.45) is 3.01. The average Bonchev–Trinajstić information content (AvgIpc) is 3.32. The number of ether oxygens (including phenoxy) is 1. The number of esters is 1. The summed E-state index contributed by atoms with van der Waals surface area (Å²) in [7, 11) is 0. The van der Waals surface area contributed by atoms with Gasteiger partial charge in [-0.25, -0.2) is 9.78 Å². The smallest absolute Gasteiger partial charge is 0.340 e. The number of pyridine rings is 1. The van der Waals surface area contributed by atoms with Gasteiger partial charge in [0.15, 0.2) is 6.61 Å². The third-order valence-electron chi connectivity index (χ3n) is 3.39. The molecule has 1 aliphatic carbocycles. The fourth-order valence-corrected chi connectivity index (χ4v) is 2.22. The largest absolute Gasteiger partial charge is 0.452 e. The van der Waals surface area contributed by atoms with Gasteiger partial charge in [-0.1, -0.05) is 23.2 Å². The summed E-state index contributed by atoms with van der Waals surface area (Å²) < 4.78 is 4.87. The number of nitrogens with one attached hydrogen (secondary N) is 1. The number of nitrogens with zero attached hydrogens (tertiary/aromatic N) is 2. The first-order chi connectivity index (χ1) is 10.4. The molecule has 1 saturated carbocycles. The molecule has 1 aliphatic rings. The molecule has 0 saturated heterocycles. The second-order valence-electron chi connectivity index (χ2n) is 5.21. The van der Waals surface area contributed by atoms with Crippen molar-refractivity contribution in [2.24, 2.45) is 5.92 Å². The van der Waals surface area contributed by atoms with Crippen molar-refractivity contribution in [3.63, 3.8) is 0 Å². The molecular formula is C14H13Cl2N3O3. The summed E-state index contributed by atoms with van der Waals surface area (Å²) in [5.41, 5.74) is -0.832. The third-order valence-corrected chi connectivity index (χ3v) is 4.08. The molecule has 0 bridgehead atoms. The fourth-order valence-electron chi connectivity index (χ4n) is 1.95. The van der Waals surface area contributed by atoms with Gasteiger partial charge in [-0.15, -0.1) is 0 Å². The molecule has 1 aromatic heterocycles. The minimum atomic E-state index is -0.922. The Bertz CT molecular complexity index is 655. The van der Waals surface area contributed by atoms with E-state index in [1.165, 1.54) is 12.3 Å². The Morgan fingerprint density at radius 2 is 2.23 bits per heavy atom. The van der Waals surface area contributed by atoms with Gasteiger partial charge in [0.05, 0.1) is 16.7 Å². The van der Waals surface area contributed by atoms with Gasteiger partial charge in [0, 0.05) is 6.20 Å². The lowest BCUT2D eigenvalue weighted by molar-refractivity contribution is -0.125. The van der Waals surface area contributed by atoms with E-state index in [1.807, 2.05) is 0 Å². The Balaban J connectivity index is 1.89. The van der Waals surface area contributed by atoms with E-state index < -0.39 is 24.0 Å². The summed E-state index contributed by atoms with van der Waals surface area (Å²) in [5.74, 6) is -1.12. The van der Waals surface area contributed by atoms with E-state index >= 15 is 0 Å². The highest BCUT2D eigenvalue weighted by Crippen LogP contribution is 2.39. The summed E-state index contributed by atoms with van der Waals surface area (Å²) in [4.78, 5) is 27.3. The van der Waals surface area contributed by atoms with Crippen LogP contribution in [0.25, 0.3) is 0 Å². The lowest BCUT2D eigenvalue weighted by Gasteiger charge is -2.22. The van der Waals surface area contributed by atoms with Crippen LogP contribution in [0.4, 0.5) is 0 Å². The summed E-state index contributed by atoms with van der Waals surface area (Å²) in [6, 6.07) is 3.40. The van der Waals surface area contributed by atoms with Crippen molar-refractivity contribution in [1.82, 2.24) is 10.3 Å². The quantitative estimate of drug-likeness (QED) is 0.655. The molecule has 1 heterocycles. The highest BCUT2D eigenvalue weighted by molar-refractivity contribution is 6.41. The monoisotopic (exact) mass is 341 g/mol. The molecule has 0 aromatic carbocycles. The third kappa shape index (κ3) is 3.87. The Morgan fingerprint density at radius 3 is 2.77 bits per heavy atom. The lowest BCUT2D eigenvalue weighted by atomic mass is 9.98. The Morgan fingerprint density at radius 1 is 1.55 bits per heavy atom. The van der Waals surface area contributed by atoms with Crippen molar-refractivity contribution >= 4 is 35.1 Å². The number of aromatic nitrogens is 1. The Kier molecular flexibility index (Phi) is 4.89. The van der Waals surface area contributed by atoms with Crippen LogP contribution in [-0.2, 0) is 9.53 Å². The van der Waals surface area contributed by atoms with E-state index in [0.717, 1.165) is 12.8 Å². The van der Waals surface area contributed by atoms with Crippen LogP contribution in [0.2, 0.25) is 10.2 Å². The van der Waals surface area contributed by atoms with Crippen LogP contribution in [0.15, 0.2) is 12.3 Å². The Hall–Kier alpha value is -1.84. The first-order valence-corrected chi connectivity index (χ1v) is 7.32. The normalized spacial score (nSPS) is 16.3. The maximum Gasteiger partial charge on any atom is 0.340 e. The number of hydrogen-bond donors (Lipinski definition) is 1. The number of carbonyl (C=O) groups is 2. The molecule has 22 heavy (non-hydrogen) atoms. The van der Waals surface area contributed by atoms with Crippen LogP contribution in [0.3, 0.4) is 0 Å². The minimum Gasteiger partial charge on any atom is -0.452 e. The van der Waals surface area contributed by atoms with Crippen LogP contribution in [0.1, 0.15) is 30.1 Å². The van der Waals surface area contributed by atoms with Crippen molar-refractivity contribution in [2.75, 3.05) is 6.61 Å². The van der Waals surface area contributed by atoms with Gasteiger partial charge in [-0.2, -0.15) is 5.26 Å². The van der Waals surface area contributed by atoms with Gasteiger partial charge in [0.1, 0.15) is 10.7 Å². The van der Waals surface area contributed by atoms with E-state index in [4.69, 9.17) is 33.2 Å². The molecule has 1 amide bonds. The standard InChI is InChI=1S/C14H13Cl2N3O3/c1-14(7-17,9-2-3-9)19-11(20)6-22-13(21)8-4-10(15)12(16)18-5-8/h4-5,9H,2-3,6H2,1H3,(H,19,20)/t14-/m0/s1. The topological polar surface area (TPSA) is 92.1 Å². The summed E-state index contributed by atoms with van der Waals surface area (Å²) in [5, 5.41) is 11.9. The molecule has 0 unspecified atom stereocenters. The van der Waals surface area contributed by atoms with Gasteiger partial charge < -0.3 is 10.1 Å². The number of nitriles is 1. The predicted molar refractivity (Wildman–Crippen MR) is 79.4 cm³/mol. The van der Waals surface area contributed by atoms with Crippen LogP contribution in [0.5, 0.6) is 0 Å². The van der Waals surface area contributed by atoms with Crippen LogP contribution >= 0.6 is 23.2 Å². The number of rotatable bonds is 5. The molecule has 1 N–H and O–H groups in total. The first-order valence-electron chi connectivity index (χ1n) is 6.56. The minimum absolute atomic E-state index is 0.0742. The molecule has 8 heteroatoms. The number of halogens is 2. The van der Waals surface area contributed by atoms with Crippen molar-refractivity contribution in [2.45, 2.75) is 25.3 Å². The number of carbonyl (C=O) groups excluding carboxylic acids is 2. The van der Waals surface area contributed by atoms with Gasteiger partial charge in [0.25, 0.3) is 5.91 Å². The zero-order chi connectivity index (χ0) is 16.3. The Labute approximate surface area is 137 Å². The highest BCUT2D eigenvalue weighted by atomic mass is 35.5.